The average molecular weight is 152 g/mol. The molecule has 2 nitrogen and oxygen atoms in total. The van der Waals surface area contributed by atoms with Gasteiger partial charge in [-0.15, -0.1) is 0 Å². The fraction of sp³-hybridized carbons (Fsp3) is 1.00. The molecule has 1 aliphatic rings. The molecule has 1 rings (SSSR count). The van der Waals surface area contributed by atoms with Crippen LogP contribution in [0.4, 0.5) is 8.78 Å². The number of hydrogen-bond acceptors (Lipinski definition) is 2. The van der Waals surface area contributed by atoms with Crippen molar-refractivity contribution in [2.45, 2.75) is 25.6 Å². The molecule has 0 bridgehead atoms. The molecule has 0 saturated carbocycles. The van der Waals surface area contributed by atoms with Crippen molar-refractivity contribution in [1.29, 1.82) is 0 Å². The Balaban J connectivity index is 2.40. The molecular formula is C6H10F2O2. The standard InChI is InChI=1S/C6H10F2O2/c1-4-5(6(7)8)10-3-2-9-4/h4-6H,2-3H2,1H3. The maximum absolute atomic E-state index is 12.0. The van der Waals surface area contributed by atoms with E-state index in [0.717, 1.165) is 0 Å². The molecule has 1 saturated heterocycles. The van der Waals surface area contributed by atoms with E-state index in [4.69, 9.17) is 9.47 Å². The van der Waals surface area contributed by atoms with Crippen LogP contribution in [0.25, 0.3) is 0 Å². The zero-order valence-electron chi connectivity index (χ0n) is 5.72. The van der Waals surface area contributed by atoms with Crippen LogP contribution < -0.4 is 0 Å². The minimum absolute atomic E-state index is 0.277. The van der Waals surface area contributed by atoms with Crippen molar-refractivity contribution in [2.75, 3.05) is 13.2 Å². The van der Waals surface area contributed by atoms with Gasteiger partial charge in [-0.25, -0.2) is 8.78 Å². The number of rotatable bonds is 1. The topological polar surface area (TPSA) is 18.5 Å². The highest BCUT2D eigenvalue weighted by Gasteiger charge is 2.30. The Morgan fingerprint density at radius 3 is 2.30 bits per heavy atom. The van der Waals surface area contributed by atoms with Crippen LogP contribution in [-0.2, 0) is 9.47 Å². The molecule has 0 aromatic heterocycles. The molecule has 0 N–H and O–H groups in total. The predicted octanol–water partition coefficient (Wildman–Crippen LogP) is 1.06. The molecule has 1 fully saturated rings. The van der Waals surface area contributed by atoms with Crippen molar-refractivity contribution in [3.63, 3.8) is 0 Å². The maximum atomic E-state index is 12.0. The molecule has 0 aromatic rings. The highest BCUT2D eigenvalue weighted by Crippen LogP contribution is 2.16. The molecular weight excluding hydrogens is 142 g/mol. The lowest BCUT2D eigenvalue weighted by Gasteiger charge is -2.28. The molecule has 60 valence electrons. The second-order valence-corrected chi connectivity index (χ2v) is 2.25. The summed E-state index contributed by atoms with van der Waals surface area (Å²) in [6, 6.07) is 0. The van der Waals surface area contributed by atoms with E-state index in [-0.39, 0.29) is 6.61 Å². The first-order chi connectivity index (χ1) is 4.72. The molecule has 1 heterocycles. The lowest BCUT2D eigenvalue weighted by atomic mass is 10.2. The van der Waals surface area contributed by atoms with E-state index in [1.54, 1.807) is 6.92 Å². The summed E-state index contributed by atoms with van der Waals surface area (Å²) >= 11 is 0. The normalized spacial score (nSPS) is 34.8. The second-order valence-electron chi connectivity index (χ2n) is 2.25. The van der Waals surface area contributed by atoms with E-state index in [1.165, 1.54) is 0 Å². The highest BCUT2D eigenvalue weighted by atomic mass is 19.3. The summed E-state index contributed by atoms with van der Waals surface area (Å²) in [5.41, 5.74) is 0. The zero-order valence-corrected chi connectivity index (χ0v) is 5.72. The summed E-state index contributed by atoms with van der Waals surface area (Å²) in [4.78, 5) is 0. The van der Waals surface area contributed by atoms with Gasteiger partial charge >= 0.3 is 0 Å². The third-order valence-electron chi connectivity index (χ3n) is 1.49. The van der Waals surface area contributed by atoms with E-state index < -0.39 is 18.6 Å². The Hall–Kier alpha value is -0.220. The van der Waals surface area contributed by atoms with Gasteiger partial charge in [-0.05, 0) is 6.92 Å². The summed E-state index contributed by atoms with van der Waals surface area (Å²) < 4.78 is 33.7. The van der Waals surface area contributed by atoms with E-state index in [1.807, 2.05) is 0 Å². The lowest BCUT2D eigenvalue weighted by Crippen LogP contribution is -2.41. The number of hydrogen-bond donors (Lipinski definition) is 0. The number of ether oxygens (including phenoxy) is 2. The van der Waals surface area contributed by atoms with Crippen molar-refractivity contribution in [3.05, 3.63) is 0 Å². The van der Waals surface area contributed by atoms with Gasteiger partial charge in [0.2, 0.25) is 0 Å². The van der Waals surface area contributed by atoms with E-state index in [9.17, 15) is 8.78 Å². The Morgan fingerprint density at radius 1 is 1.30 bits per heavy atom. The van der Waals surface area contributed by atoms with Crippen LogP contribution in [0.15, 0.2) is 0 Å². The summed E-state index contributed by atoms with van der Waals surface area (Å²) in [6.07, 6.45) is -3.95. The first kappa shape index (κ1) is 7.88. The fourth-order valence-corrected chi connectivity index (χ4v) is 0.926. The zero-order chi connectivity index (χ0) is 7.56. The Bertz CT molecular complexity index is 108. The van der Waals surface area contributed by atoms with Gasteiger partial charge in [0.1, 0.15) is 6.10 Å². The molecule has 1 aliphatic heterocycles. The summed E-state index contributed by atoms with van der Waals surface area (Å²) in [5, 5.41) is 0. The molecule has 0 amide bonds. The molecule has 0 aliphatic carbocycles. The van der Waals surface area contributed by atoms with E-state index in [0.29, 0.717) is 6.61 Å². The minimum Gasteiger partial charge on any atom is -0.373 e. The first-order valence-electron chi connectivity index (χ1n) is 3.23. The van der Waals surface area contributed by atoms with Gasteiger partial charge in [0, 0.05) is 0 Å². The molecule has 10 heavy (non-hydrogen) atoms. The molecule has 2 unspecified atom stereocenters. The Kier molecular flexibility index (Phi) is 2.56. The van der Waals surface area contributed by atoms with Gasteiger partial charge in [0.05, 0.1) is 19.3 Å². The third-order valence-corrected chi connectivity index (χ3v) is 1.49. The monoisotopic (exact) mass is 152 g/mol. The van der Waals surface area contributed by atoms with Gasteiger partial charge in [0.25, 0.3) is 6.43 Å². The number of alkyl halides is 2. The second kappa shape index (κ2) is 3.25. The SMILES string of the molecule is CC1OCCOC1C(F)F. The quantitative estimate of drug-likeness (QED) is 0.559. The first-order valence-corrected chi connectivity index (χ1v) is 3.23. The minimum atomic E-state index is -2.43. The van der Waals surface area contributed by atoms with Crippen molar-refractivity contribution in [2.24, 2.45) is 0 Å². The molecule has 0 spiro atoms. The summed E-state index contributed by atoms with van der Waals surface area (Å²) in [5.74, 6) is 0. The van der Waals surface area contributed by atoms with Gasteiger partial charge < -0.3 is 9.47 Å². The predicted molar refractivity (Wildman–Crippen MR) is 31.2 cm³/mol. The summed E-state index contributed by atoms with van der Waals surface area (Å²) in [6.45, 7) is 2.29. The van der Waals surface area contributed by atoms with Crippen molar-refractivity contribution in [1.82, 2.24) is 0 Å². The molecule has 0 aromatic carbocycles. The van der Waals surface area contributed by atoms with Crippen LogP contribution in [0.1, 0.15) is 6.92 Å². The van der Waals surface area contributed by atoms with Crippen LogP contribution in [0.5, 0.6) is 0 Å². The van der Waals surface area contributed by atoms with Crippen LogP contribution in [0.3, 0.4) is 0 Å². The van der Waals surface area contributed by atoms with E-state index in [2.05, 4.69) is 0 Å². The fourth-order valence-electron chi connectivity index (χ4n) is 0.926. The van der Waals surface area contributed by atoms with Crippen LogP contribution in [0.2, 0.25) is 0 Å². The van der Waals surface area contributed by atoms with Crippen molar-refractivity contribution in [3.8, 4) is 0 Å². The van der Waals surface area contributed by atoms with Crippen LogP contribution in [0, 0.1) is 0 Å². The third kappa shape index (κ3) is 1.64. The lowest BCUT2D eigenvalue weighted by molar-refractivity contribution is -0.178. The molecule has 0 radical (unpaired) electrons. The average Bonchev–Trinajstić information content (AvgIpc) is 1.88. The number of halogens is 2. The Morgan fingerprint density at radius 2 is 1.90 bits per heavy atom. The molecule has 4 heteroatoms. The van der Waals surface area contributed by atoms with E-state index >= 15 is 0 Å². The van der Waals surface area contributed by atoms with Crippen molar-refractivity contribution < 1.29 is 18.3 Å². The molecule has 2 atom stereocenters. The van der Waals surface area contributed by atoms with Crippen LogP contribution >= 0.6 is 0 Å². The van der Waals surface area contributed by atoms with Crippen LogP contribution in [-0.4, -0.2) is 31.8 Å². The van der Waals surface area contributed by atoms with Crippen molar-refractivity contribution >= 4 is 0 Å². The highest BCUT2D eigenvalue weighted by molar-refractivity contribution is 4.71. The van der Waals surface area contributed by atoms with Gasteiger partial charge in [-0.2, -0.15) is 0 Å². The Labute approximate surface area is 58.1 Å². The van der Waals surface area contributed by atoms with Gasteiger partial charge in [0.15, 0.2) is 0 Å². The largest absolute Gasteiger partial charge is 0.373 e. The smallest absolute Gasteiger partial charge is 0.266 e. The summed E-state index contributed by atoms with van der Waals surface area (Å²) in [7, 11) is 0. The maximum Gasteiger partial charge on any atom is 0.266 e. The van der Waals surface area contributed by atoms with Gasteiger partial charge in [-0.1, -0.05) is 0 Å². The van der Waals surface area contributed by atoms with Gasteiger partial charge in [-0.3, -0.25) is 0 Å².